The first-order valence-electron chi connectivity index (χ1n) is 9.19. The lowest BCUT2D eigenvalue weighted by molar-refractivity contribution is 0.393. The number of nitrogens with zero attached hydrogens (tertiary/aromatic N) is 3. The van der Waals surface area contributed by atoms with Gasteiger partial charge in [-0.15, -0.1) is 0 Å². The van der Waals surface area contributed by atoms with Crippen LogP contribution in [0.1, 0.15) is 57.8 Å². The summed E-state index contributed by atoms with van der Waals surface area (Å²) in [4.78, 5) is 14.0. The first-order valence-corrected chi connectivity index (χ1v) is 9.19. The molecule has 6 nitrogen and oxygen atoms in total. The molecule has 0 aliphatic rings. The van der Waals surface area contributed by atoms with E-state index in [1.807, 2.05) is 19.1 Å². The fourth-order valence-corrected chi connectivity index (χ4v) is 2.79. The van der Waals surface area contributed by atoms with Crippen molar-refractivity contribution in [3.05, 3.63) is 23.5 Å². The Morgan fingerprint density at radius 3 is 2.15 bits per heavy atom. The van der Waals surface area contributed by atoms with Gasteiger partial charge in [0.15, 0.2) is 5.82 Å². The number of rotatable bonds is 8. The zero-order chi connectivity index (χ0) is 19.3. The summed E-state index contributed by atoms with van der Waals surface area (Å²) in [6, 6.07) is 4.34. The molecule has 0 unspecified atom stereocenters. The highest BCUT2D eigenvalue weighted by molar-refractivity contribution is 5.69. The van der Waals surface area contributed by atoms with Crippen molar-refractivity contribution in [2.75, 3.05) is 19.5 Å². The number of hydrogen-bond donors (Lipinski definition) is 1. The Bertz CT molecular complexity index is 743. The highest BCUT2D eigenvalue weighted by Crippen LogP contribution is 2.33. The van der Waals surface area contributed by atoms with E-state index < -0.39 is 0 Å². The molecule has 0 saturated carbocycles. The highest BCUT2D eigenvalue weighted by Gasteiger charge is 2.19. The minimum Gasteiger partial charge on any atom is -0.480 e. The summed E-state index contributed by atoms with van der Waals surface area (Å²) in [6.07, 6.45) is 2.02. The van der Waals surface area contributed by atoms with Gasteiger partial charge in [0.2, 0.25) is 5.88 Å². The summed E-state index contributed by atoms with van der Waals surface area (Å²) in [7, 11) is 3.23. The highest BCUT2D eigenvalue weighted by atomic mass is 16.5. The minimum absolute atomic E-state index is 0.325. The molecule has 0 amide bonds. The van der Waals surface area contributed by atoms with Gasteiger partial charge in [0.05, 0.1) is 25.5 Å². The number of pyridine rings is 1. The van der Waals surface area contributed by atoms with E-state index in [-0.39, 0.29) is 0 Å². The van der Waals surface area contributed by atoms with Crippen molar-refractivity contribution >= 4 is 5.82 Å². The number of nitrogens with one attached hydrogen (secondary N) is 1. The molecule has 0 aliphatic heterocycles. The van der Waals surface area contributed by atoms with E-state index in [9.17, 15) is 0 Å². The zero-order valence-electron chi connectivity index (χ0n) is 16.9. The van der Waals surface area contributed by atoms with Gasteiger partial charge in [-0.25, -0.2) is 15.0 Å². The van der Waals surface area contributed by atoms with Crippen LogP contribution in [0.5, 0.6) is 11.8 Å². The third kappa shape index (κ3) is 4.23. The second-order valence-corrected chi connectivity index (χ2v) is 6.62. The van der Waals surface area contributed by atoms with Crippen LogP contribution >= 0.6 is 0 Å². The van der Waals surface area contributed by atoms with Crippen molar-refractivity contribution in [3.8, 4) is 23.0 Å². The number of aromatic nitrogens is 3. The van der Waals surface area contributed by atoms with Crippen LogP contribution in [-0.2, 0) is 0 Å². The lowest BCUT2D eigenvalue weighted by Crippen LogP contribution is -2.19. The van der Waals surface area contributed by atoms with Gasteiger partial charge in [0, 0.05) is 11.7 Å². The average molecular weight is 358 g/mol. The molecule has 26 heavy (non-hydrogen) atoms. The largest absolute Gasteiger partial charge is 0.480 e. The molecule has 0 radical (unpaired) electrons. The number of methoxy groups -OCH3 is 2. The molecule has 0 aliphatic carbocycles. The van der Waals surface area contributed by atoms with Gasteiger partial charge in [-0.05, 0) is 37.8 Å². The molecule has 0 saturated heterocycles. The second kappa shape index (κ2) is 8.83. The normalized spacial score (nSPS) is 11.1. The Kier molecular flexibility index (Phi) is 6.77. The Morgan fingerprint density at radius 2 is 1.62 bits per heavy atom. The van der Waals surface area contributed by atoms with Crippen molar-refractivity contribution < 1.29 is 9.47 Å². The third-order valence-corrected chi connectivity index (χ3v) is 4.48. The minimum atomic E-state index is 0.325. The van der Waals surface area contributed by atoms with Crippen LogP contribution in [0.4, 0.5) is 5.82 Å². The van der Waals surface area contributed by atoms with E-state index in [0.29, 0.717) is 29.5 Å². The molecular formula is C20H30N4O2. The van der Waals surface area contributed by atoms with Crippen LogP contribution in [0.25, 0.3) is 11.3 Å². The summed E-state index contributed by atoms with van der Waals surface area (Å²) >= 11 is 0. The third-order valence-electron chi connectivity index (χ3n) is 4.48. The van der Waals surface area contributed by atoms with Gasteiger partial charge in [0.1, 0.15) is 5.69 Å². The Hall–Kier alpha value is -2.37. The van der Waals surface area contributed by atoms with E-state index in [4.69, 9.17) is 19.4 Å². The topological polar surface area (TPSA) is 69.2 Å². The van der Waals surface area contributed by atoms with Crippen molar-refractivity contribution in [3.63, 3.8) is 0 Å². The summed E-state index contributed by atoms with van der Waals surface area (Å²) in [5.41, 5.74) is 3.32. The maximum Gasteiger partial charge on any atom is 0.257 e. The van der Waals surface area contributed by atoms with Crippen molar-refractivity contribution in [2.45, 2.75) is 59.4 Å². The number of ether oxygens (including phenoxy) is 2. The fraction of sp³-hybridized carbons (Fsp3) is 0.550. The van der Waals surface area contributed by atoms with Crippen LogP contribution < -0.4 is 14.8 Å². The van der Waals surface area contributed by atoms with Crippen LogP contribution in [0, 0.1) is 6.92 Å². The standard InChI is InChI=1S/C20H30N4O2/c1-8-14(9-2)22-18-20(26-7)24-17(13(5)21-18)15-10-11-16(12(3)4)23-19(15)25-6/h10-12,14H,8-9H2,1-7H3,(H,21,22). The molecular weight excluding hydrogens is 328 g/mol. The number of aryl methyl sites for hydroxylation is 1. The summed E-state index contributed by atoms with van der Waals surface area (Å²) in [5.74, 6) is 2.03. The molecule has 6 heteroatoms. The van der Waals surface area contributed by atoms with Crippen molar-refractivity contribution in [2.24, 2.45) is 0 Å². The molecule has 2 rings (SSSR count). The van der Waals surface area contributed by atoms with Gasteiger partial charge in [-0.2, -0.15) is 0 Å². The SMILES string of the molecule is CCC(CC)Nc1nc(C)c(-c2ccc(C(C)C)nc2OC)nc1OC. The van der Waals surface area contributed by atoms with Crippen LogP contribution in [0.2, 0.25) is 0 Å². The molecule has 0 atom stereocenters. The van der Waals surface area contributed by atoms with Gasteiger partial charge in [0.25, 0.3) is 5.88 Å². The number of hydrogen-bond acceptors (Lipinski definition) is 6. The maximum atomic E-state index is 5.51. The molecule has 0 fully saturated rings. The van der Waals surface area contributed by atoms with E-state index in [1.165, 1.54) is 0 Å². The zero-order valence-corrected chi connectivity index (χ0v) is 16.9. The van der Waals surface area contributed by atoms with Crippen molar-refractivity contribution in [1.29, 1.82) is 0 Å². The Morgan fingerprint density at radius 1 is 0.962 bits per heavy atom. The monoisotopic (exact) mass is 358 g/mol. The predicted octanol–water partition coefficient (Wildman–Crippen LogP) is 4.59. The second-order valence-electron chi connectivity index (χ2n) is 6.62. The van der Waals surface area contributed by atoms with E-state index in [2.05, 4.69) is 38.0 Å². The van der Waals surface area contributed by atoms with Crippen LogP contribution in [0.15, 0.2) is 12.1 Å². The first kappa shape index (κ1) is 19.9. The molecule has 0 aromatic carbocycles. The molecule has 2 aromatic rings. The van der Waals surface area contributed by atoms with Gasteiger partial charge < -0.3 is 14.8 Å². The first-order chi connectivity index (χ1) is 12.4. The summed E-state index contributed by atoms with van der Waals surface area (Å²) in [5, 5.41) is 3.42. The molecule has 0 spiro atoms. The molecule has 0 bridgehead atoms. The molecule has 2 heterocycles. The summed E-state index contributed by atoms with van der Waals surface area (Å²) in [6.45, 7) is 10.4. The summed E-state index contributed by atoms with van der Waals surface area (Å²) < 4.78 is 11.0. The van der Waals surface area contributed by atoms with Crippen LogP contribution in [0.3, 0.4) is 0 Å². The number of anilines is 1. The van der Waals surface area contributed by atoms with E-state index in [1.54, 1.807) is 14.2 Å². The molecule has 2 aromatic heterocycles. The molecule has 1 N–H and O–H groups in total. The lowest BCUT2D eigenvalue weighted by Gasteiger charge is -2.19. The molecule has 142 valence electrons. The van der Waals surface area contributed by atoms with Gasteiger partial charge >= 0.3 is 0 Å². The Labute approximate surface area is 156 Å². The fourth-order valence-electron chi connectivity index (χ4n) is 2.79. The van der Waals surface area contributed by atoms with E-state index in [0.717, 1.165) is 35.5 Å². The van der Waals surface area contributed by atoms with E-state index >= 15 is 0 Å². The maximum absolute atomic E-state index is 5.51. The van der Waals surface area contributed by atoms with Gasteiger partial charge in [-0.1, -0.05) is 27.7 Å². The predicted molar refractivity (Wildman–Crippen MR) is 105 cm³/mol. The lowest BCUT2D eigenvalue weighted by atomic mass is 10.1. The van der Waals surface area contributed by atoms with Crippen LogP contribution in [-0.4, -0.2) is 35.2 Å². The van der Waals surface area contributed by atoms with Crippen molar-refractivity contribution in [1.82, 2.24) is 15.0 Å². The van der Waals surface area contributed by atoms with Gasteiger partial charge in [-0.3, -0.25) is 0 Å². The smallest absolute Gasteiger partial charge is 0.257 e. The Balaban J connectivity index is 2.51. The quantitative estimate of drug-likeness (QED) is 0.744. The average Bonchev–Trinajstić information content (AvgIpc) is 2.65.